The van der Waals surface area contributed by atoms with E-state index in [9.17, 15) is 4.79 Å². The summed E-state index contributed by atoms with van der Waals surface area (Å²) in [6.45, 7) is 2.60. The molecule has 0 radical (unpaired) electrons. The lowest BCUT2D eigenvalue weighted by Gasteiger charge is -2.06. The summed E-state index contributed by atoms with van der Waals surface area (Å²) < 4.78 is 1.77. The Morgan fingerprint density at radius 3 is 2.61 bits per heavy atom. The molecule has 0 bridgehead atoms. The predicted octanol–water partition coefficient (Wildman–Crippen LogP) is 2.37. The number of nitrogens with zero attached hydrogens (tertiary/aromatic N) is 1. The average Bonchev–Trinajstić information content (AvgIpc) is 2.37. The van der Waals surface area contributed by atoms with Gasteiger partial charge in [-0.1, -0.05) is 18.2 Å². The van der Waals surface area contributed by atoms with Crippen molar-refractivity contribution in [3.05, 3.63) is 64.1 Å². The molecule has 0 aliphatic carbocycles. The first-order valence-electron chi connectivity index (χ1n) is 6.17. The van der Waals surface area contributed by atoms with Crippen molar-refractivity contribution in [3.63, 3.8) is 0 Å². The quantitative estimate of drug-likeness (QED) is 0.837. The number of pyridine rings is 1. The van der Waals surface area contributed by atoms with Gasteiger partial charge in [0.1, 0.15) is 0 Å². The van der Waals surface area contributed by atoms with Crippen molar-refractivity contribution >= 4 is 5.69 Å². The van der Waals surface area contributed by atoms with E-state index in [1.54, 1.807) is 4.57 Å². The molecule has 94 valence electrons. The minimum absolute atomic E-state index is 0.106. The fraction of sp³-hybridized carbons (Fsp3) is 0.267. The number of hydrogen-bond donors (Lipinski definition) is 1. The predicted molar refractivity (Wildman–Crippen MR) is 74.6 cm³/mol. The summed E-state index contributed by atoms with van der Waals surface area (Å²) in [4.78, 5) is 11.8. The molecular weight excluding hydrogens is 224 g/mol. The van der Waals surface area contributed by atoms with Gasteiger partial charge >= 0.3 is 0 Å². The summed E-state index contributed by atoms with van der Waals surface area (Å²) in [6, 6.07) is 11.7. The van der Waals surface area contributed by atoms with Crippen LogP contribution in [0.3, 0.4) is 0 Å². The molecule has 0 aliphatic heterocycles. The lowest BCUT2D eigenvalue weighted by Crippen LogP contribution is -2.21. The topological polar surface area (TPSA) is 48.0 Å². The maximum Gasteiger partial charge on any atom is 0.253 e. The lowest BCUT2D eigenvalue weighted by atomic mass is 10.1. The van der Waals surface area contributed by atoms with Gasteiger partial charge in [0.25, 0.3) is 5.56 Å². The van der Waals surface area contributed by atoms with Gasteiger partial charge in [-0.15, -0.1) is 0 Å². The number of nitrogen functional groups attached to an aromatic ring is 1. The molecule has 0 aliphatic rings. The summed E-state index contributed by atoms with van der Waals surface area (Å²) in [7, 11) is 0. The van der Waals surface area contributed by atoms with E-state index in [0.29, 0.717) is 0 Å². The van der Waals surface area contributed by atoms with Gasteiger partial charge in [0.2, 0.25) is 0 Å². The summed E-state index contributed by atoms with van der Waals surface area (Å²) >= 11 is 0. The van der Waals surface area contributed by atoms with E-state index in [4.69, 9.17) is 5.73 Å². The highest BCUT2D eigenvalue weighted by Gasteiger charge is 1.99. The molecule has 0 fully saturated rings. The Labute approximate surface area is 107 Å². The average molecular weight is 242 g/mol. The zero-order valence-electron chi connectivity index (χ0n) is 10.6. The summed E-state index contributed by atoms with van der Waals surface area (Å²) in [5.41, 5.74) is 8.58. The molecule has 0 atom stereocenters. The molecule has 0 saturated heterocycles. The van der Waals surface area contributed by atoms with E-state index in [0.717, 1.165) is 30.6 Å². The molecule has 18 heavy (non-hydrogen) atoms. The maximum absolute atomic E-state index is 11.8. The highest BCUT2D eigenvalue weighted by molar-refractivity contribution is 5.39. The molecule has 2 aromatic rings. The van der Waals surface area contributed by atoms with Crippen molar-refractivity contribution in [2.75, 3.05) is 5.73 Å². The number of hydrogen-bond acceptors (Lipinski definition) is 2. The van der Waals surface area contributed by atoms with E-state index in [2.05, 4.69) is 0 Å². The minimum Gasteiger partial charge on any atom is -0.399 e. The molecule has 1 aromatic carbocycles. The normalized spacial score (nSPS) is 10.5. The zero-order chi connectivity index (χ0) is 13.0. The van der Waals surface area contributed by atoms with Crippen LogP contribution in [0, 0.1) is 6.92 Å². The van der Waals surface area contributed by atoms with Crippen LogP contribution < -0.4 is 11.3 Å². The van der Waals surface area contributed by atoms with Gasteiger partial charge in [-0.2, -0.15) is 0 Å². The molecule has 0 amide bonds. The number of benzene rings is 1. The number of anilines is 1. The molecule has 1 aromatic heterocycles. The van der Waals surface area contributed by atoms with Gasteiger partial charge in [-0.25, -0.2) is 0 Å². The monoisotopic (exact) mass is 242 g/mol. The van der Waals surface area contributed by atoms with E-state index < -0.39 is 0 Å². The maximum atomic E-state index is 11.8. The second-order valence-corrected chi connectivity index (χ2v) is 4.53. The first kappa shape index (κ1) is 12.4. The summed E-state index contributed by atoms with van der Waals surface area (Å²) in [5, 5.41) is 0. The summed E-state index contributed by atoms with van der Waals surface area (Å²) in [6.07, 6.45) is 3.76. The third-order valence-corrected chi connectivity index (χ3v) is 3.05. The van der Waals surface area contributed by atoms with Crippen LogP contribution in [0.5, 0.6) is 0 Å². The van der Waals surface area contributed by atoms with Gasteiger partial charge in [0.15, 0.2) is 0 Å². The largest absolute Gasteiger partial charge is 0.399 e. The lowest BCUT2D eigenvalue weighted by molar-refractivity contribution is 0.619. The third-order valence-electron chi connectivity index (χ3n) is 3.05. The SMILES string of the molecule is Cc1cccn(CCCc2ccc(N)cc2)c1=O. The smallest absolute Gasteiger partial charge is 0.253 e. The Balaban J connectivity index is 1.94. The number of nitrogens with two attached hydrogens (primary N) is 1. The minimum atomic E-state index is 0.106. The van der Waals surface area contributed by atoms with Crippen LogP contribution in [0.4, 0.5) is 5.69 Å². The molecule has 3 heteroatoms. The molecule has 0 saturated carbocycles. The van der Waals surface area contributed by atoms with Crippen LogP contribution in [-0.4, -0.2) is 4.57 Å². The third kappa shape index (κ3) is 3.00. The Hall–Kier alpha value is -2.03. The van der Waals surface area contributed by atoms with Crippen molar-refractivity contribution < 1.29 is 0 Å². The molecule has 0 unspecified atom stereocenters. The van der Waals surface area contributed by atoms with Crippen molar-refractivity contribution in [1.82, 2.24) is 4.57 Å². The highest BCUT2D eigenvalue weighted by Crippen LogP contribution is 2.08. The first-order chi connectivity index (χ1) is 8.66. The van der Waals surface area contributed by atoms with E-state index >= 15 is 0 Å². The van der Waals surface area contributed by atoms with Gasteiger partial charge in [-0.3, -0.25) is 4.79 Å². The summed E-state index contributed by atoms with van der Waals surface area (Å²) in [5.74, 6) is 0. The van der Waals surface area contributed by atoms with Crippen LogP contribution >= 0.6 is 0 Å². The van der Waals surface area contributed by atoms with E-state index in [1.807, 2.05) is 49.5 Å². The van der Waals surface area contributed by atoms with Gasteiger partial charge in [0, 0.05) is 24.0 Å². The van der Waals surface area contributed by atoms with E-state index in [1.165, 1.54) is 5.56 Å². The Morgan fingerprint density at radius 1 is 1.17 bits per heavy atom. The molecule has 0 spiro atoms. The first-order valence-corrected chi connectivity index (χ1v) is 6.17. The molecule has 2 rings (SSSR count). The fourth-order valence-corrected chi connectivity index (χ4v) is 1.97. The zero-order valence-corrected chi connectivity index (χ0v) is 10.6. The Kier molecular flexibility index (Phi) is 3.82. The second-order valence-electron chi connectivity index (χ2n) is 4.53. The van der Waals surface area contributed by atoms with Gasteiger partial charge in [0.05, 0.1) is 0 Å². The van der Waals surface area contributed by atoms with E-state index in [-0.39, 0.29) is 5.56 Å². The molecular formula is C15H18N2O. The highest BCUT2D eigenvalue weighted by atomic mass is 16.1. The molecule has 2 N–H and O–H groups in total. The molecule has 1 heterocycles. The van der Waals surface area contributed by atoms with Crippen molar-refractivity contribution in [3.8, 4) is 0 Å². The van der Waals surface area contributed by atoms with Crippen LogP contribution in [0.1, 0.15) is 17.5 Å². The van der Waals surface area contributed by atoms with Crippen LogP contribution in [0.15, 0.2) is 47.4 Å². The fourth-order valence-electron chi connectivity index (χ4n) is 1.97. The van der Waals surface area contributed by atoms with Crippen LogP contribution in [0.2, 0.25) is 0 Å². The van der Waals surface area contributed by atoms with Crippen molar-refractivity contribution in [1.29, 1.82) is 0 Å². The van der Waals surface area contributed by atoms with Gasteiger partial charge in [-0.05, 0) is 43.5 Å². The van der Waals surface area contributed by atoms with Crippen LogP contribution in [0.25, 0.3) is 0 Å². The van der Waals surface area contributed by atoms with Crippen LogP contribution in [-0.2, 0) is 13.0 Å². The second kappa shape index (κ2) is 5.54. The van der Waals surface area contributed by atoms with Crippen molar-refractivity contribution in [2.45, 2.75) is 26.3 Å². The number of aryl methyl sites for hydroxylation is 3. The molecule has 3 nitrogen and oxygen atoms in total. The number of aromatic nitrogens is 1. The number of rotatable bonds is 4. The van der Waals surface area contributed by atoms with Gasteiger partial charge < -0.3 is 10.3 Å². The standard InChI is InChI=1S/C15H18N2O/c1-12-4-2-10-17(15(12)18)11-3-5-13-6-8-14(16)9-7-13/h2,4,6-10H,3,5,11,16H2,1H3. The Bertz CT molecular complexity index is 570. The van der Waals surface area contributed by atoms with Crippen molar-refractivity contribution in [2.24, 2.45) is 0 Å². The Morgan fingerprint density at radius 2 is 1.89 bits per heavy atom.